The number of carbonyl (C=O) groups is 1. The molecule has 0 heterocycles. The highest BCUT2D eigenvalue weighted by Crippen LogP contribution is 2.19. The average Bonchev–Trinajstić information content (AvgIpc) is 2.18. The first kappa shape index (κ1) is 15.0. The molecule has 3 N–H and O–H groups in total. The molecule has 7 heteroatoms. The Kier molecular flexibility index (Phi) is 4.75. The van der Waals surface area contributed by atoms with E-state index in [4.69, 9.17) is 5.73 Å². The number of nitrogen functional groups attached to an aromatic ring is 1. The number of nitrogens with two attached hydrogens (primary N) is 1. The van der Waals surface area contributed by atoms with Gasteiger partial charge in [-0.1, -0.05) is 0 Å². The van der Waals surface area contributed by atoms with Gasteiger partial charge in [-0.2, -0.15) is 0 Å². The van der Waals surface area contributed by atoms with Crippen LogP contribution in [0, 0.1) is 0 Å². The zero-order valence-electron chi connectivity index (χ0n) is 10.1. The number of benzene rings is 1. The summed E-state index contributed by atoms with van der Waals surface area (Å²) in [5.41, 5.74) is 6.46. The smallest absolute Gasteiger partial charge is 0.252 e. The van der Waals surface area contributed by atoms with Crippen LogP contribution < -0.4 is 11.1 Å². The molecule has 0 saturated carbocycles. The van der Waals surface area contributed by atoms with Crippen LogP contribution in [0.5, 0.6) is 0 Å². The molecule has 0 spiro atoms. The monoisotopic (exact) mass is 334 g/mol. The van der Waals surface area contributed by atoms with Crippen molar-refractivity contribution in [1.82, 2.24) is 5.32 Å². The van der Waals surface area contributed by atoms with Crippen LogP contribution in [0.15, 0.2) is 22.7 Å². The highest BCUT2D eigenvalue weighted by atomic mass is 79.9. The molecule has 0 aliphatic rings. The van der Waals surface area contributed by atoms with E-state index in [-0.39, 0.29) is 11.7 Å². The van der Waals surface area contributed by atoms with Crippen LogP contribution in [0.25, 0.3) is 0 Å². The first-order valence-electron chi connectivity index (χ1n) is 5.22. The Morgan fingerprint density at radius 3 is 2.67 bits per heavy atom. The van der Waals surface area contributed by atoms with Crippen LogP contribution >= 0.6 is 15.9 Å². The number of nitrogens with one attached hydrogen (secondary N) is 1. The lowest BCUT2D eigenvalue weighted by Gasteiger charge is -2.13. The second-order valence-corrected chi connectivity index (χ2v) is 7.25. The molecule has 0 bridgehead atoms. The van der Waals surface area contributed by atoms with Crippen molar-refractivity contribution in [2.45, 2.75) is 13.0 Å². The number of amides is 1. The Balaban J connectivity index is 2.80. The molecule has 0 fully saturated rings. The molecule has 1 atom stereocenters. The molecule has 1 aromatic carbocycles. The highest BCUT2D eigenvalue weighted by molar-refractivity contribution is 9.10. The molecule has 0 aromatic heterocycles. The van der Waals surface area contributed by atoms with Crippen LogP contribution in [0.1, 0.15) is 17.3 Å². The van der Waals surface area contributed by atoms with Crippen molar-refractivity contribution in [3.63, 3.8) is 0 Å². The van der Waals surface area contributed by atoms with Crippen molar-refractivity contribution in [1.29, 1.82) is 0 Å². The van der Waals surface area contributed by atoms with Gasteiger partial charge in [-0.05, 0) is 41.1 Å². The van der Waals surface area contributed by atoms with Crippen LogP contribution in [0.4, 0.5) is 5.69 Å². The normalized spacial score (nSPS) is 13.1. The fourth-order valence-corrected chi connectivity index (χ4v) is 2.93. The predicted molar refractivity (Wildman–Crippen MR) is 75.2 cm³/mol. The van der Waals surface area contributed by atoms with Crippen LogP contribution in [0.3, 0.4) is 0 Å². The van der Waals surface area contributed by atoms with Gasteiger partial charge in [0.15, 0.2) is 0 Å². The molecule has 1 rings (SSSR count). The van der Waals surface area contributed by atoms with E-state index in [9.17, 15) is 13.2 Å². The highest BCUT2D eigenvalue weighted by Gasteiger charge is 2.16. The Bertz CT molecular complexity index is 557. The first-order valence-corrected chi connectivity index (χ1v) is 8.08. The summed E-state index contributed by atoms with van der Waals surface area (Å²) in [7, 11) is -3.12. The largest absolute Gasteiger partial charge is 0.399 e. The maximum absolute atomic E-state index is 11.9. The lowest BCUT2D eigenvalue weighted by molar-refractivity contribution is 0.0943. The summed E-state index contributed by atoms with van der Waals surface area (Å²) >= 11 is 3.25. The lowest BCUT2D eigenvalue weighted by Crippen LogP contribution is -2.37. The van der Waals surface area contributed by atoms with Gasteiger partial charge >= 0.3 is 0 Å². The molecule has 0 aliphatic carbocycles. The van der Waals surface area contributed by atoms with Crippen molar-refractivity contribution < 1.29 is 13.2 Å². The van der Waals surface area contributed by atoms with Crippen LogP contribution in [-0.4, -0.2) is 32.4 Å². The van der Waals surface area contributed by atoms with E-state index in [1.54, 1.807) is 19.1 Å². The Morgan fingerprint density at radius 1 is 1.50 bits per heavy atom. The van der Waals surface area contributed by atoms with E-state index in [2.05, 4.69) is 21.2 Å². The summed E-state index contributed by atoms with van der Waals surface area (Å²) in [6, 6.07) is 4.42. The third-order valence-corrected chi connectivity index (χ3v) is 3.96. The van der Waals surface area contributed by atoms with E-state index in [0.29, 0.717) is 15.7 Å². The zero-order valence-corrected chi connectivity index (χ0v) is 12.5. The van der Waals surface area contributed by atoms with Gasteiger partial charge in [0.1, 0.15) is 9.84 Å². The Hall–Kier alpha value is -1.08. The maximum Gasteiger partial charge on any atom is 0.252 e. The van der Waals surface area contributed by atoms with Crippen molar-refractivity contribution >= 4 is 37.4 Å². The predicted octanol–water partition coefficient (Wildman–Crippen LogP) is 1.19. The van der Waals surface area contributed by atoms with Crippen LogP contribution in [-0.2, 0) is 9.84 Å². The van der Waals surface area contributed by atoms with E-state index >= 15 is 0 Å². The van der Waals surface area contributed by atoms with Gasteiger partial charge in [0.05, 0.1) is 11.3 Å². The van der Waals surface area contributed by atoms with Gasteiger partial charge < -0.3 is 11.1 Å². The number of hydrogen-bond donors (Lipinski definition) is 2. The number of carbonyl (C=O) groups excluding carboxylic acids is 1. The standard InChI is InChI=1S/C11H15BrN2O3S/c1-7(6-18(2,16)17)14-11(15)9-5-8(13)3-4-10(9)12/h3-5,7H,6,13H2,1-2H3,(H,14,15). The summed E-state index contributed by atoms with van der Waals surface area (Å²) in [6.45, 7) is 1.64. The summed E-state index contributed by atoms with van der Waals surface area (Å²) in [6.07, 6.45) is 1.13. The molecule has 1 amide bonds. The summed E-state index contributed by atoms with van der Waals surface area (Å²) in [5.74, 6) is -0.455. The van der Waals surface area contributed by atoms with Crippen molar-refractivity contribution in [3.8, 4) is 0 Å². The second kappa shape index (κ2) is 5.71. The third-order valence-electron chi connectivity index (χ3n) is 2.17. The molecule has 18 heavy (non-hydrogen) atoms. The zero-order chi connectivity index (χ0) is 13.9. The molecule has 0 aliphatic heterocycles. The average molecular weight is 335 g/mol. The number of sulfone groups is 1. The summed E-state index contributed by atoms with van der Waals surface area (Å²) < 4.78 is 22.8. The maximum atomic E-state index is 11.9. The summed E-state index contributed by atoms with van der Waals surface area (Å²) in [4.78, 5) is 11.9. The van der Waals surface area contributed by atoms with Crippen molar-refractivity contribution in [2.75, 3.05) is 17.7 Å². The van der Waals surface area contributed by atoms with Gasteiger partial charge in [-0.15, -0.1) is 0 Å². The SMILES string of the molecule is CC(CS(C)(=O)=O)NC(=O)c1cc(N)ccc1Br. The first-order chi connectivity index (χ1) is 8.19. The molecule has 0 saturated heterocycles. The van der Waals surface area contributed by atoms with Crippen molar-refractivity contribution in [2.24, 2.45) is 0 Å². The van der Waals surface area contributed by atoms with E-state index < -0.39 is 15.9 Å². The molecule has 5 nitrogen and oxygen atoms in total. The van der Waals surface area contributed by atoms with Gasteiger partial charge in [-0.3, -0.25) is 4.79 Å². The fraction of sp³-hybridized carbons (Fsp3) is 0.364. The van der Waals surface area contributed by atoms with E-state index in [0.717, 1.165) is 6.26 Å². The number of halogens is 1. The summed E-state index contributed by atoms with van der Waals surface area (Å²) in [5, 5.41) is 2.62. The minimum absolute atomic E-state index is 0.0985. The number of rotatable bonds is 4. The molecule has 1 unspecified atom stereocenters. The Labute approximate surface area is 115 Å². The van der Waals surface area contributed by atoms with Gasteiger partial charge in [0.25, 0.3) is 5.91 Å². The minimum Gasteiger partial charge on any atom is -0.399 e. The topological polar surface area (TPSA) is 89.3 Å². The molecule has 0 radical (unpaired) electrons. The van der Waals surface area contributed by atoms with E-state index in [1.165, 1.54) is 6.07 Å². The number of anilines is 1. The molecule has 100 valence electrons. The van der Waals surface area contributed by atoms with Gasteiger partial charge in [0.2, 0.25) is 0 Å². The molecule has 1 aromatic rings. The van der Waals surface area contributed by atoms with E-state index in [1.807, 2.05) is 0 Å². The fourth-order valence-electron chi connectivity index (χ4n) is 1.51. The van der Waals surface area contributed by atoms with Gasteiger partial charge in [0, 0.05) is 22.5 Å². The van der Waals surface area contributed by atoms with Crippen LogP contribution in [0.2, 0.25) is 0 Å². The quantitative estimate of drug-likeness (QED) is 0.809. The third kappa shape index (κ3) is 4.66. The molecular formula is C11H15BrN2O3S. The Morgan fingerprint density at radius 2 is 2.11 bits per heavy atom. The second-order valence-electron chi connectivity index (χ2n) is 4.21. The van der Waals surface area contributed by atoms with Gasteiger partial charge in [-0.25, -0.2) is 8.42 Å². The number of hydrogen-bond acceptors (Lipinski definition) is 4. The minimum atomic E-state index is -3.12. The lowest BCUT2D eigenvalue weighted by atomic mass is 10.2. The van der Waals surface area contributed by atoms with Crippen molar-refractivity contribution in [3.05, 3.63) is 28.2 Å². The molecular weight excluding hydrogens is 320 g/mol.